The van der Waals surface area contributed by atoms with E-state index >= 15 is 0 Å². The van der Waals surface area contributed by atoms with Gasteiger partial charge in [0.05, 0.1) is 10.0 Å². The third-order valence-corrected chi connectivity index (χ3v) is 6.43. The normalized spacial score (nSPS) is 24.2. The molecule has 0 amide bonds. The number of rotatable bonds is 2. The molecular formula is C19H18Cl2N4. The van der Waals surface area contributed by atoms with E-state index < -0.39 is 0 Å². The highest BCUT2D eigenvalue weighted by molar-refractivity contribution is 6.43. The Hall–Kier alpha value is -1.80. The summed E-state index contributed by atoms with van der Waals surface area (Å²) in [6.07, 6.45) is 0. The SMILES string of the molecule is Cc1c(N2CC3C(N)C3C2)nc(C#N)c(-c2cccc(Cl)c2Cl)c1C. The van der Waals surface area contributed by atoms with Crippen molar-refractivity contribution in [1.29, 1.82) is 5.26 Å². The summed E-state index contributed by atoms with van der Waals surface area (Å²) in [6, 6.07) is 8.02. The highest BCUT2D eigenvalue weighted by atomic mass is 35.5. The molecule has 2 atom stereocenters. The van der Waals surface area contributed by atoms with Gasteiger partial charge < -0.3 is 10.6 Å². The molecule has 2 aliphatic rings. The second-order valence-electron chi connectivity index (χ2n) is 6.93. The van der Waals surface area contributed by atoms with Crippen molar-refractivity contribution >= 4 is 29.0 Å². The standard InChI is InChI=1S/C19H18Cl2N4/c1-9-10(2)19(25-7-12-13(8-25)18(12)23)24-15(6-22)16(9)11-4-3-5-14(20)17(11)21/h3-5,12-13,18H,7-8,23H2,1-2H3. The molecule has 1 aliphatic carbocycles. The number of anilines is 1. The maximum Gasteiger partial charge on any atom is 0.151 e. The lowest BCUT2D eigenvalue weighted by atomic mass is 9.95. The number of aromatic nitrogens is 1. The molecule has 128 valence electrons. The number of nitrogens with two attached hydrogens (primary N) is 1. The number of pyridine rings is 1. The number of hydrogen-bond donors (Lipinski definition) is 1. The highest BCUT2D eigenvalue weighted by Crippen LogP contribution is 2.46. The van der Waals surface area contributed by atoms with Gasteiger partial charge in [-0.05, 0) is 42.9 Å². The van der Waals surface area contributed by atoms with E-state index in [1.807, 2.05) is 26.0 Å². The largest absolute Gasteiger partial charge is 0.356 e. The quantitative estimate of drug-likeness (QED) is 0.866. The van der Waals surface area contributed by atoms with Crippen molar-refractivity contribution in [2.45, 2.75) is 19.9 Å². The zero-order chi connectivity index (χ0) is 17.9. The van der Waals surface area contributed by atoms with Crippen molar-refractivity contribution < 1.29 is 0 Å². The molecule has 0 bridgehead atoms. The number of hydrogen-bond acceptors (Lipinski definition) is 4. The Morgan fingerprint density at radius 2 is 1.88 bits per heavy atom. The minimum Gasteiger partial charge on any atom is -0.356 e. The summed E-state index contributed by atoms with van der Waals surface area (Å²) in [7, 11) is 0. The molecule has 6 heteroatoms. The Kier molecular flexibility index (Phi) is 3.92. The molecule has 0 spiro atoms. The summed E-state index contributed by atoms with van der Waals surface area (Å²) in [4.78, 5) is 6.94. The smallest absolute Gasteiger partial charge is 0.151 e. The van der Waals surface area contributed by atoms with E-state index in [0.29, 0.717) is 33.6 Å². The molecule has 0 radical (unpaired) electrons. The van der Waals surface area contributed by atoms with Crippen LogP contribution >= 0.6 is 23.2 Å². The third kappa shape index (κ3) is 2.50. The number of piperidine rings is 1. The minimum atomic E-state index is 0.331. The first-order valence-electron chi connectivity index (χ1n) is 8.30. The Morgan fingerprint density at radius 3 is 2.52 bits per heavy atom. The molecule has 2 aromatic rings. The number of halogens is 2. The zero-order valence-corrected chi connectivity index (χ0v) is 15.6. The fourth-order valence-corrected chi connectivity index (χ4v) is 4.33. The number of nitriles is 1. The van der Waals surface area contributed by atoms with Crippen LogP contribution in [0.15, 0.2) is 18.2 Å². The molecule has 2 N–H and O–H groups in total. The maximum absolute atomic E-state index is 9.70. The van der Waals surface area contributed by atoms with Crippen molar-refractivity contribution in [3.63, 3.8) is 0 Å². The van der Waals surface area contributed by atoms with Crippen molar-refractivity contribution in [3.8, 4) is 17.2 Å². The molecule has 1 aromatic carbocycles. The molecule has 4 rings (SSSR count). The van der Waals surface area contributed by atoms with Gasteiger partial charge in [-0.25, -0.2) is 4.98 Å². The van der Waals surface area contributed by atoms with Gasteiger partial charge in [0.1, 0.15) is 11.9 Å². The van der Waals surface area contributed by atoms with Crippen LogP contribution in [0, 0.1) is 37.0 Å². The molecule has 1 saturated carbocycles. The maximum atomic E-state index is 9.70. The van der Waals surface area contributed by atoms with Crippen LogP contribution in [0.25, 0.3) is 11.1 Å². The molecule has 2 unspecified atom stereocenters. The number of benzene rings is 1. The first kappa shape index (κ1) is 16.7. The van der Waals surface area contributed by atoms with Gasteiger partial charge in [-0.3, -0.25) is 0 Å². The van der Waals surface area contributed by atoms with Gasteiger partial charge in [0, 0.05) is 30.3 Å². The average Bonchev–Trinajstić information content (AvgIpc) is 3.00. The second kappa shape index (κ2) is 5.88. The number of fused-ring (bicyclic) bond motifs is 1. The zero-order valence-electron chi connectivity index (χ0n) is 14.1. The summed E-state index contributed by atoms with van der Waals surface area (Å²) < 4.78 is 0. The van der Waals surface area contributed by atoms with Gasteiger partial charge in [0.15, 0.2) is 5.69 Å². The summed E-state index contributed by atoms with van der Waals surface area (Å²) in [5.74, 6) is 2.01. The first-order valence-corrected chi connectivity index (χ1v) is 9.05. The summed E-state index contributed by atoms with van der Waals surface area (Å²) in [5, 5.41) is 10.6. The van der Waals surface area contributed by atoms with Crippen molar-refractivity contribution in [1.82, 2.24) is 4.98 Å². The minimum absolute atomic E-state index is 0.331. The van der Waals surface area contributed by atoms with Crippen LogP contribution in [0.3, 0.4) is 0 Å². The molecule has 2 fully saturated rings. The van der Waals surface area contributed by atoms with E-state index in [1.165, 1.54) is 0 Å². The topological polar surface area (TPSA) is 65.9 Å². The molecule has 1 aromatic heterocycles. The molecule has 1 aliphatic heterocycles. The van der Waals surface area contributed by atoms with E-state index in [9.17, 15) is 5.26 Å². The summed E-state index contributed by atoms with van der Waals surface area (Å²) in [6.45, 7) is 5.89. The van der Waals surface area contributed by atoms with E-state index in [-0.39, 0.29) is 0 Å². The van der Waals surface area contributed by atoms with Crippen molar-refractivity contribution in [2.24, 2.45) is 17.6 Å². The van der Waals surface area contributed by atoms with Crippen molar-refractivity contribution in [2.75, 3.05) is 18.0 Å². The van der Waals surface area contributed by atoms with Crippen molar-refractivity contribution in [3.05, 3.63) is 45.1 Å². The van der Waals surface area contributed by atoms with Gasteiger partial charge in [-0.2, -0.15) is 5.26 Å². The van der Waals surface area contributed by atoms with Gasteiger partial charge in [0.25, 0.3) is 0 Å². The lowest BCUT2D eigenvalue weighted by molar-refractivity contribution is 0.732. The molecular weight excluding hydrogens is 355 g/mol. The summed E-state index contributed by atoms with van der Waals surface area (Å²) in [5.41, 5.74) is 10.0. The fourth-order valence-electron chi connectivity index (χ4n) is 3.94. The molecule has 1 saturated heterocycles. The van der Waals surface area contributed by atoms with Crippen LogP contribution in [0.1, 0.15) is 16.8 Å². The van der Waals surface area contributed by atoms with E-state index in [4.69, 9.17) is 28.9 Å². The Balaban J connectivity index is 1.83. The number of nitrogens with zero attached hydrogens (tertiary/aromatic N) is 3. The lowest BCUT2D eigenvalue weighted by Gasteiger charge is -2.25. The van der Waals surface area contributed by atoms with E-state index in [2.05, 4.69) is 16.0 Å². The monoisotopic (exact) mass is 372 g/mol. The Labute approximate surface area is 157 Å². The van der Waals surface area contributed by atoms with E-state index in [1.54, 1.807) is 6.07 Å². The van der Waals surface area contributed by atoms with Gasteiger partial charge >= 0.3 is 0 Å². The average molecular weight is 373 g/mol. The van der Waals surface area contributed by atoms with E-state index in [0.717, 1.165) is 41.2 Å². The van der Waals surface area contributed by atoms with Crippen LogP contribution in [0.4, 0.5) is 5.82 Å². The highest BCUT2D eigenvalue weighted by Gasteiger charge is 2.54. The van der Waals surface area contributed by atoms with Crippen LogP contribution in [-0.4, -0.2) is 24.1 Å². The predicted octanol–water partition coefficient (Wildman–Crippen LogP) is 3.94. The van der Waals surface area contributed by atoms with Crippen LogP contribution in [-0.2, 0) is 0 Å². The molecule has 25 heavy (non-hydrogen) atoms. The van der Waals surface area contributed by atoms with Gasteiger partial charge in [-0.15, -0.1) is 0 Å². The van der Waals surface area contributed by atoms with Gasteiger partial charge in [0.2, 0.25) is 0 Å². The lowest BCUT2D eigenvalue weighted by Crippen LogP contribution is -2.29. The predicted molar refractivity (Wildman–Crippen MR) is 101 cm³/mol. The Morgan fingerprint density at radius 1 is 1.20 bits per heavy atom. The summed E-state index contributed by atoms with van der Waals surface area (Å²) >= 11 is 12.6. The Bertz CT molecular complexity index is 907. The third-order valence-electron chi connectivity index (χ3n) is 5.61. The molecule has 2 heterocycles. The fraction of sp³-hybridized carbons (Fsp3) is 0.368. The van der Waals surface area contributed by atoms with Crippen LogP contribution in [0.2, 0.25) is 10.0 Å². The van der Waals surface area contributed by atoms with Gasteiger partial charge in [-0.1, -0.05) is 35.3 Å². The van der Waals surface area contributed by atoms with Crippen LogP contribution in [0.5, 0.6) is 0 Å². The first-order chi connectivity index (χ1) is 11.9. The molecule has 4 nitrogen and oxygen atoms in total. The second-order valence-corrected chi connectivity index (χ2v) is 7.72. The van der Waals surface area contributed by atoms with Crippen LogP contribution < -0.4 is 10.6 Å².